The van der Waals surface area contributed by atoms with E-state index in [9.17, 15) is 4.79 Å². The zero-order chi connectivity index (χ0) is 12.8. The van der Waals surface area contributed by atoms with Crippen LogP contribution in [0.1, 0.15) is 28.3 Å². The topological polar surface area (TPSA) is 53.8 Å². The van der Waals surface area contributed by atoms with Crippen molar-refractivity contribution in [3.63, 3.8) is 0 Å². The lowest BCUT2D eigenvalue weighted by Crippen LogP contribution is -2.12. The number of benzene rings is 1. The van der Waals surface area contributed by atoms with Gasteiger partial charge in [0, 0.05) is 24.4 Å². The molecule has 18 heavy (non-hydrogen) atoms. The maximum atomic E-state index is 12.3. The predicted molar refractivity (Wildman–Crippen MR) is 68.0 cm³/mol. The maximum absolute atomic E-state index is 12.3. The van der Waals surface area contributed by atoms with E-state index < -0.39 is 5.92 Å². The maximum Gasteiger partial charge on any atom is 0.172 e. The molecule has 0 amide bonds. The molecule has 2 rings (SSSR count). The molecule has 2 aromatic rings. The normalized spacial score (nSPS) is 11.5. The molecular weight excluding hydrogens is 224 g/mol. The Morgan fingerprint density at radius 3 is 2.61 bits per heavy atom. The monoisotopic (exact) mass is 236 g/mol. The van der Waals surface area contributed by atoms with E-state index in [1.165, 1.54) is 6.20 Å². The minimum Gasteiger partial charge on any atom is -0.293 e. The first kappa shape index (κ1) is 12.0. The number of hydrogen-bond donors (Lipinski definition) is 0. The summed E-state index contributed by atoms with van der Waals surface area (Å²) in [6.07, 6.45) is 3.34. The third-order valence-electron chi connectivity index (χ3n) is 2.76. The van der Waals surface area contributed by atoms with Crippen LogP contribution >= 0.6 is 0 Å². The average Bonchev–Trinajstić information content (AvgIpc) is 2.46. The molecule has 0 spiro atoms. The van der Waals surface area contributed by atoms with Crippen molar-refractivity contribution >= 4 is 5.78 Å². The Morgan fingerprint density at radius 1 is 1.22 bits per heavy atom. The molecular formula is C15H12N2O. The zero-order valence-electron chi connectivity index (χ0n) is 9.78. The van der Waals surface area contributed by atoms with Crippen LogP contribution in [0, 0.1) is 11.3 Å². The summed E-state index contributed by atoms with van der Waals surface area (Å²) in [6, 6.07) is 14.9. The minimum atomic E-state index is -0.416. The summed E-state index contributed by atoms with van der Waals surface area (Å²) in [5.41, 5.74) is 1.41. The van der Waals surface area contributed by atoms with Gasteiger partial charge in [-0.3, -0.25) is 9.78 Å². The summed E-state index contributed by atoms with van der Waals surface area (Å²) in [4.78, 5) is 16.3. The highest BCUT2D eigenvalue weighted by atomic mass is 16.1. The standard InChI is InChI=1S/C15H12N2O/c16-9-8-14(12-5-2-1-3-6-12)15(18)13-7-4-10-17-11-13/h1-7,10-11,14H,8H2/t14-/m1/s1. The van der Waals surface area contributed by atoms with E-state index in [0.29, 0.717) is 5.56 Å². The molecule has 0 radical (unpaired) electrons. The molecule has 0 fully saturated rings. The Hall–Kier alpha value is -2.47. The molecule has 0 aliphatic heterocycles. The first-order valence-electron chi connectivity index (χ1n) is 5.69. The average molecular weight is 236 g/mol. The second-order valence-corrected chi connectivity index (χ2v) is 3.93. The van der Waals surface area contributed by atoms with Crippen LogP contribution in [0.25, 0.3) is 0 Å². The van der Waals surface area contributed by atoms with E-state index in [4.69, 9.17) is 5.26 Å². The molecule has 0 N–H and O–H groups in total. The molecule has 0 saturated heterocycles. The van der Waals surface area contributed by atoms with E-state index in [-0.39, 0.29) is 12.2 Å². The second kappa shape index (κ2) is 5.74. The fourth-order valence-corrected chi connectivity index (χ4v) is 1.85. The number of nitrogens with zero attached hydrogens (tertiary/aromatic N) is 2. The second-order valence-electron chi connectivity index (χ2n) is 3.93. The van der Waals surface area contributed by atoms with Crippen LogP contribution in [0.2, 0.25) is 0 Å². The fraction of sp³-hybridized carbons (Fsp3) is 0.133. The molecule has 0 unspecified atom stereocenters. The van der Waals surface area contributed by atoms with Crippen molar-refractivity contribution in [2.75, 3.05) is 0 Å². The van der Waals surface area contributed by atoms with Crippen LogP contribution in [0.15, 0.2) is 54.9 Å². The Balaban J connectivity index is 2.32. The summed E-state index contributed by atoms with van der Waals surface area (Å²) in [7, 11) is 0. The van der Waals surface area contributed by atoms with Crippen molar-refractivity contribution < 1.29 is 4.79 Å². The van der Waals surface area contributed by atoms with Gasteiger partial charge in [0.25, 0.3) is 0 Å². The number of pyridine rings is 1. The van der Waals surface area contributed by atoms with Gasteiger partial charge in [-0.05, 0) is 17.7 Å². The van der Waals surface area contributed by atoms with E-state index in [1.807, 2.05) is 30.3 Å². The molecule has 0 saturated carbocycles. The Kier molecular flexibility index (Phi) is 3.83. The van der Waals surface area contributed by atoms with Crippen LogP contribution in [-0.4, -0.2) is 10.8 Å². The van der Waals surface area contributed by atoms with Gasteiger partial charge in [-0.1, -0.05) is 30.3 Å². The highest BCUT2D eigenvalue weighted by molar-refractivity contribution is 6.00. The highest BCUT2D eigenvalue weighted by Gasteiger charge is 2.21. The van der Waals surface area contributed by atoms with Gasteiger partial charge in [-0.15, -0.1) is 0 Å². The van der Waals surface area contributed by atoms with Gasteiger partial charge in [0.15, 0.2) is 5.78 Å². The number of nitriles is 1. The van der Waals surface area contributed by atoms with Crippen LogP contribution in [0.4, 0.5) is 0 Å². The van der Waals surface area contributed by atoms with Crippen molar-refractivity contribution in [1.82, 2.24) is 4.98 Å². The summed E-state index contributed by atoms with van der Waals surface area (Å²) in [6.45, 7) is 0. The number of hydrogen-bond acceptors (Lipinski definition) is 3. The van der Waals surface area contributed by atoms with Gasteiger partial charge < -0.3 is 0 Å². The molecule has 1 heterocycles. The first-order chi connectivity index (χ1) is 8.83. The molecule has 0 aliphatic rings. The van der Waals surface area contributed by atoms with Gasteiger partial charge in [0.1, 0.15) is 0 Å². The number of aromatic nitrogens is 1. The van der Waals surface area contributed by atoms with Gasteiger partial charge in [-0.2, -0.15) is 5.26 Å². The lowest BCUT2D eigenvalue weighted by atomic mass is 9.89. The summed E-state index contributed by atoms with van der Waals surface area (Å²) in [5, 5.41) is 8.88. The molecule has 0 aliphatic carbocycles. The number of carbonyl (C=O) groups excluding carboxylic acids is 1. The molecule has 0 bridgehead atoms. The molecule has 1 aromatic heterocycles. The van der Waals surface area contributed by atoms with Crippen LogP contribution in [0.5, 0.6) is 0 Å². The zero-order valence-corrected chi connectivity index (χ0v) is 9.78. The van der Waals surface area contributed by atoms with E-state index in [2.05, 4.69) is 11.1 Å². The third kappa shape index (κ3) is 2.61. The SMILES string of the molecule is N#CC[C@@H](C(=O)c1cccnc1)c1ccccc1. The van der Waals surface area contributed by atoms with Crippen LogP contribution in [0.3, 0.4) is 0 Å². The fourth-order valence-electron chi connectivity index (χ4n) is 1.85. The molecule has 3 heteroatoms. The highest BCUT2D eigenvalue weighted by Crippen LogP contribution is 2.23. The summed E-state index contributed by atoms with van der Waals surface area (Å²) < 4.78 is 0. The predicted octanol–water partition coefficient (Wildman–Crippen LogP) is 2.96. The van der Waals surface area contributed by atoms with Crippen LogP contribution < -0.4 is 0 Å². The molecule has 1 atom stereocenters. The van der Waals surface area contributed by atoms with Crippen molar-refractivity contribution in [3.8, 4) is 6.07 Å². The van der Waals surface area contributed by atoms with Gasteiger partial charge in [0.2, 0.25) is 0 Å². The Morgan fingerprint density at radius 2 is 2.00 bits per heavy atom. The number of rotatable bonds is 4. The third-order valence-corrected chi connectivity index (χ3v) is 2.76. The van der Waals surface area contributed by atoms with E-state index in [0.717, 1.165) is 5.56 Å². The van der Waals surface area contributed by atoms with E-state index in [1.54, 1.807) is 18.3 Å². The summed E-state index contributed by atoms with van der Waals surface area (Å²) in [5.74, 6) is -0.476. The van der Waals surface area contributed by atoms with Gasteiger partial charge >= 0.3 is 0 Å². The van der Waals surface area contributed by atoms with Gasteiger partial charge in [0.05, 0.1) is 12.0 Å². The molecule has 3 nitrogen and oxygen atoms in total. The quantitative estimate of drug-likeness (QED) is 0.767. The molecule has 88 valence electrons. The number of ketones is 1. The first-order valence-corrected chi connectivity index (χ1v) is 5.69. The Bertz CT molecular complexity index is 558. The largest absolute Gasteiger partial charge is 0.293 e. The lowest BCUT2D eigenvalue weighted by molar-refractivity contribution is 0.0960. The van der Waals surface area contributed by atoms with Crippen molar-refractivity contribution in [2.24, 2.45) is 0 Å². The van der Waals surface area contributed by atoms with Crippen LogP contribution in [-0.2, 0) is 0 Å². The Labute approximate surface area is 106 Å². The summed E-state index contributed by atoms with van der Waals surface area (Å²) >= 11 is 0. The van der Waals surface area contributed by atoms with Crippen molar-refractivity contribution in [3.05, 3.63) is 66.0 Å². The lowest BCUT2D eigenvalue weighted by Gasteiger charge is -2.12. The van der Waals surface area contributed by atoms with Crippen molar-refractivity contribution in [1.29, 1.82) is 5.26 Å². The number of carbonyl (C=O) groups is 1. The van der Waals surface area contributed by atoms with Gasteiger partial charge in [-0.25, -0.2) is 0 Å². The smallest absolute Gasteiger partial charge is 0.172 e. The van der Waals surface area contributed by atoms with Crippen molar-refractivity contribution in [2.45, 2.75) is 12.3 Å². The molecule has 1 aromatic carbocycles. The minimum absolute atomic E-state index is 0.0594. The number of Topliss-reactive ketones (excluding diaryl/α,β-unsaturated/α-hetero) is 1. The van der Waals surface area contributed by atoms with E-state index >= 15 is 0 Å².